The zero-order valence-corrected chi connectivity index (χ0v) is 15.7. The fourth-order valence-corrected chi connectivity index (χ4v) is 4.13. The first-order chi connectivity index (χ1) is 13.2. The minimum Gasteiger partial charge on any atom is -0.371 e. The molecule has 1 fully saturated rings. The smallest absolute Gasteiger partial charge is 0.273 e. The van der Waals surface area contributed by atoms with Crippen LogP contribution in [-0.4, -0.2) is 46.6 Å². The van der Waals surface area contributed by atoms with Gasteiger partial charge in [-0.25, -0.2) is 4.68 Å². The lowest BCUT2D eigenvalue weighted by molar-refractivity contribution is 0.0948. The van der Waals surface area contributed by atoms with Gasteiger partial charge in [0, 0.05) is 31.4 Å². The predicted molar refractivity (Wildman–Crippen MR) is 105 cm³/mol. The first kappa shape index (κ1) is 18.0. The topological polar surface area (TPSA) is 89.1 Å². The van der Waals surface area contributed by atoms with Gasteiger partial charge in [-0.1, -0.05) is 23.4 Å². The summed E-state index contributed by atoms with van der Waals surface area (Å²) in [5, 5.41) is 11.2. The molecule has 1 aromatic carbocycles. The van der Waals surface area contributed by atoms with Crippen LogP contribution < -0.4 is 16.0 Å². The van der Waals surface area contributed by atoms with Gasteiger partial charge in [0.15, 0.2) is 5.69 Å². The Kier molecular flexibility index (Phi) is 5.38. The van der Waals surface area contributed by atoms with Gasteiger partial charge in [-0.3, -0.25) is 4.79 Å². The highest BCUT2D eigenvalue weighted by atomic mass is 16.2. The zero-order chi connectivity index (χ0) is 18.6. The molecule has 144 valence electrons. The lowest BCUT2D eigenvalue weighted by Crippen LogP contribution is -2.29. The molecule has 7 heteroatoms. The normalized spacial score (nSPS) is 21.9. The Balaban J connectivity index is 1.22. The maximum atomic E-state index is 12.3. The van der Waals surface area contributed by atoms with Crippen LogP contribution in [0.25, 0.3) is 0 Å². The van der Waals surface area contributed by atoms with Gasteiger partial charge in [-0.2, -0.15) is 0 Å². The van der Waals surface area contributed by atoms with E-state index in [1.807, 2.05) is 4.68 Å². The fourth-order valence-electron chi connectivity index (χ4n) is 4.13. The Morgan fingerprint density at radius 3 is 2.89 bits per heavy atom. The summed E-state index contributed by atoms with van der Waals surface area (Å²) < 4.78 is 1.84. The summed E-state index contributed by atoms with van der Waals surface area (Å²) in [5.41, 5.74) is 9.11. The number of hydrogen-bond donors (Lipinski definition) is 2. The third-order valence-electron chi connectivity index (χ3n) is 5.73. The second-order valence-electron chi connectivity index (χ2n) is 7.63. The van der Waals surface area contributed by atoms with Gasteiger partial charge < -0.3 is 16.0 Å². The van der Waals surface area contributed by atoms with Gasteiger partial charge in [0.1, 0.15) is 0 Å². The summed E-state index contributed by atoms with van der Waals surface area (Å²) in [4.78, 5) is 14.7. The largest absolute Gasteiger partial charge is 0.371 e. The minimum atomic E-state index is -0.143. The average molecular weight is 368 g/mol. The molecule has 0 spiro atoms. The Labute approximate surface area is 159 Å². The van der Waals surface area contributed by atoms with Crippen molar-refractivity contribution in [3.63, 3.8) is 0 Å². The molecule has 4 rings (SSSR count). The van der Waals surface area contributed by atoms with Crippen molar-refractivity contribution in [2.24, 2.45) is 5.73 Å². The van der Waals surface area contributed by atoms with Gasteiger partial charge in [0.05, 0.1) is 12.2 Å². The van der Waals surface area contributed by atoms with E-state index < -0.39 is 0 Å². The van der Waals surface area contributed by atoms with Crippen molar-refractivity contribution in [1.82, 2.24) is 20.3 Å². The van der Waals surface area contributed by atoms with E-state index in [1.165, 1.54) is 11.3 Å². The summed E-state index contributed by atoms with van der Waals surface area (Å²) in [6, 6.07) is 9.17. The zero-order valence-electron chi connectivity index (χ0n) is 15.7. The van der Waals surface area contributed by atoms with Crippen molar-refractivity contribution in [1.29, 1.82) is 0 Å². The van der Waals surface area contributed by atoms with E-state index in [-0.39, 0.29) is 5.91 Å². The SMILES string of the molecule is NC1CCC(n2cc(C(=O)NCCCN3CCc4ccccc43)nn2)CC1. The number of amides is 1. The molecule has 0 bridgehead atoms. The second-order valence-corrected chi connectivity index (χ2v) is 7.63. The van der Waals surface area contributed by atoms with Crippen LogP contribution in [0.4, 0.5) is 5.69 Å². The first-order valence-corrected chi connectivity index (χ1v) is 9.99. The number of hydrogen-bond acceptors (Lipinski definition) is 5. The van der Waals surface area contributed by atoms with Crippen molar-refractivity contribution < 1.29 is 4.79 Å². The number of aromatic nitrogens is 3. The van der Waals surface area contributed by atoms with Gasteiger partial charge in [0.25, 0.3) is 5.91 Å². The number of carbonyl (C=O) groups is 1. The van der Waals surface area contributed by atoms with E-state index in [0.29, 0.717) is 24.3 Å². The molecule has 0 radical (unpaired) electrons. The number of nitrogens with one attached hydrogen (secondary N) is 1. The molecule has 2 aromatic rings. The molecule has 1 saturated carbocycles. The number of benzene rings is 1. The van der Waals surface area contributed by atoms with Crippen LogP contribution in [0.1, 0.15) is 54.2 Å². The summed E-state index contributed by atoms with van der Waals surface area (Å²) in [5.74, 6) is -0.143. The molecular weight excluding hydrogens is 340 g/mol. The summed E-state index contributed by atoms with van der Waals surface area (Å²) in [6.07, 6.45) is 7.81. The maximum absolute atomic E-state index is 12.3. The molecule has 0 saturated heterocycles. The minimum absolute atomic E-state index is 0.143. The van der Waals surface area contributed by atoms with Crippen molar-refractivity contribution in [3.05, 3.63) is 41.7 Å². The Morgan fingerprint density at radius 2 is 2.04 bits per heavy atom. The standard InChI is InChI=1S/C20H28N6O/c21-16-6-8-17(9-7-16)26-14-18(23-24-26)20(27)22-11-3-12-25-13-10-15-4-1-2-5-19(15)25/h1-2,4-5,14,16-17H,3,6-13,21H2,(H,22,27). The van der Waals surface area contributed by atoms with Crippen LogP contribution in [0.2, 0.25) is 0 Å². The Hall–Kier alpha value is -2.41. The molecular formula is C20H28N6O. The molecule has 3 N–H and O–H groups in total. The van der Waals surface area contributed by atoms with Crippen LogP contribution in [-0.2, 0) is 6.42 Å². The molecule has 0 unspecified atom stereocenters. The highest BCUT2D eigenvalue weighted by Crippen LogP contribution is 2.27. The van der Waals surface area contributed by atoms with Crippen molar-refractivity contribution in [2.45, 2.75) is 50.6 Å². The number of rotatable bonds is 6. The summed E-state index contributed by atoms with van der Waals surface area (Å²) in [7, 11) is 0. The summed E-state index contributed by atoms with van der Waals surface area (Å²) in [6.45, 7) is 2.65. The molecule has 27 heavy (non-hydrogen) atoms. The lowest BCUT2D eigenvalue weighted by atomic mass is 9.92. The monoisotopic (exact) mass is 368 g/mol. The van der Waals surface area contributed by atoms with Crippen LogP contribution in [0.3, 0.4) is 0 Å². The fraction of sp³-hybridized carbons (Fsp3) is 0.550. The molecule has 7 nitrogen and oxygen atoms in total. The average Bonchev–Trinajstić information content (AvgIpc) is 3.33. The third-order valence-corrected chi connectivity index (χ3v) is 5.73. The van der Waals surface area contributed by atoms with E-state index in [2.05, 4.69) is 44.8 Å². The second kappa shape index (κ2) is 8.08. The molecule has 2 aliphatic rings. The third kappa shape index (κ3) is 4.13. The van der Waals surface area contributed by atoms with E-state index in [0.717, 1.165) is 51.6 Å². The van der Waals surface area contributed by atoms with Crippen molar-refractivity contribution in [3.8, 4) is 0 Å². The van der Waals surface area contributed by atoms with E-state index in [9.17, 15) is 4.79 Å². The highest BCUT2D eigenvalue weighted by Gasteiger charge is 2.22. The van der Waals surface area contributed by atoms with Crippen molar-refractivity contribution >= 4 is 11.6 Å². The molecule has 1 amide bonds. The van der Waals surface area contributed by atoms with Crippen LogP contribution in [0.15, 0.2) is 30.5 Å². The summed E-state index contributed by atoms with van der Waals surface area (Å²) >= 11 is 0. The van der Waals surface area contributed by atoms with E-state index >= 15 is 0 Å². The number of fused-ring (bicyclic) bond motifs is 1. The number of nitrogens with zero attached hydrogens (tertiary/aromatic N) is 4. The van der Waals surface area contributed by atoms with Gasteiger partial charge in [0.2, 0.25) is 0 Å². The number of para-hydroxylation sites is 1. The lowest BCUT2D eigenvalue weighted by Gasteiger charge is -2.25. The number of nitrogens with two attached hydrogens (primary N) is 1. The predicted octanol–water partition coefficient (Wildman–Crippen LogP) is 1.90. The number of anilines is 1. The van der Waals surface area contributed by atoms with Gasteiger partial charge in [-0.05, 0) is 50.2 Å². The molecule has 2 heterocycles. The molecule has 0 atom stereocenters. The van der Waals surface area contributed by atoms with Crippen molar-refractivity contribution in [2.75, 3.05) is 24.5 Å². The van der Waals surface area contributed by atoms with Gasteiger partial charge >= 0.3 is 0 Å². The molecule has 1 aliphatic heterocycles. The van der Waals surface area contributed by atoms with Crippen LogP contribution in [0, 0.1) is 0 Å². The first-order valence-electron chi connectivity index (χ1n) is 9.99. The Morgan fingerprint density at radius 1 is 1.22 bits per heavy atom. The van der Waals surface area contributed by atoms with Crippen LogP contribution >= 0.6 is 0 Å². The Bertz CT molecular complexity index is 780. The van der Waals surface area contributed by atoms with Crippen LogP contribution in [0.5, 0.6) is 0 Å². The number of carbonyl (C=O) groups excluding carboxylic acids is 1. The molecule has 1 aliphatic carbocycles. The van der Waals surface area contributed by atoms with Gasteiger partial charge in [-0.15, -0.1) is 5.10 Å². The van der Waals surface area contributed by atoms with E-state index in [4.69, 9.17) is 5.73 Å². The van der Waals surface area contributed by atoms with E-state index in [1.54, 1.807) is 6.20 Å². The quantitative estimate of drug-likeness (QED) is 0.760. The highest BCUT2D eigenvalue weighted by molar-refractivity contribution is 5.91. The maximum Gasteiger partial charge on any atom is 0.273 e. The molecule has 1 aromatic heterocycles.